The molecule has 4 N–H and O–H groups in total. The number of anilines is 1. The number of phenols is 1. The molecule has 0 unspecified atom stereocenters. The first-order chi connectivity index (χ1) is 9.62. The molecule has 0 radical (unpaired) electrons. The van der Waals surface area contributed by atoms with Crippen molar-refractivity contribution >= 4 is 29.0 Å². The standard InChI is InChI=1S/C14H20N2O4S/c1-14(2,3)20-13(18)16-9-5-8(7-11(15)21)6-10(19-4)12(9)17/h5-6,17H,7H2,1-4H3,(H2,15,21)(H,16,18). The van der Waals surface area contributed by atoms with E-state index in [0.29, 0.717) is 17.0 Å². The minimum absolute atomic E-state index is 0.176. The highest BCUT2D eigenvalue weighted by molar-refractivity contribution is 7.80. The molecule has 0 aliphatic heterocycles. The smallest absolute Gasteiger partial charge is 0.412 e. The van der Waals surface area contributed by atoms with E-state index >= 15 is 0 Å². The molecule has 0 saturated heterocycles. The van der Waals surface area contributed by atoms with Gasteiger partial charge in [0, 0.05) is 6.42 Å². The maximum Gasteiger partial charge on any atom is 0.412 e. The van der Waals surface area contributed by atoms with Gasteiger partial charge in [0.1, 0.15) is 5.60 Å². The number of nitrogens with one attached hydrogen (secondary N) is 1. The SMILES string of the molecule is COc1cc(CC(N)=S)cc(NC(=O)OC(C)(C)C)c1O. The van der Waals surface area contributed by atoms with Crippen LogP contribution < -0.4 is 15.8 Å². The van der Waals surface area contributed by atoms with Gasteiger partial charge in [0.15, 0.2) is 11.5 Å². The van der Waals surface area contributed by atoms with Crippen molar-refractivity contribution < 1.29 is 19.4 Å². The van der Waals surface area contributed by atoms with E-state index in [0.717, 1.165) is 0 Å². The van der Waals surface area contributed by atoms with Crippen LogP contribution in [0.25, 0.3) is 0 Å². The van der Waals surface area contributed by atoms with E-state index in [4.69, 9.17) is 27.4 Å². The average Bonchev–Trinajstić information content (AvgIpc) is 2.29. The second kappa shape index (κ2) is 6.62. The Morgan fingerprint density at radius 1 is 1.43 bits per heavy atom. The lowest BCUT2D eigenvalue weighted by atomic mass is 10.1. The van der Waals surface area contributed by atoms with Crippen LogP contribution in [0, 0.1) is 0 Å². The fourth-order valence-corrected chi connectivity index (χ4v) is 1.80. The first-order valence-electron chi connectivity index (χ1n) is 6.30. The maximum atomic E-state index is 11.8. The number of ether oxygens (including phenoxy) is 2. The number of phenolic OH excluding ortho intramolecular Hbond substituents is 1. The normalized spacial score (nSPS) is 10.9. The van der Waals surface area contributed by atoms with Gasteiger partial charge in [-0.3, -0.25) is 5.32 Å². The van der Waals surface area contributed by atoms with E-state index in [1.807, 2.05) is 0 Å². The minimum Gasteiger partial charge on any atom is -0.503 e. The molecule has 0 atom stereocenters. The van der Waals surface area contributed by atoms with Gasteiger partial charge in [-0.05, 0) is 38.5 Å². The van der Waals surface area contributed by atoms with Gasteiger partial charge in [0.25, 0.3) is 0 Å². The van der Waals surface area contributed by atoms with Gasteiger partial charge in [0.2, 0.25) is 0 Å². The monoisotopic (exact) mass is 312 g/mol. The van der Waals surface area contributed by atoms with Crippen LogP contribution in [0.5, 0.6) is 11.5 Å². The fourth-order valence-electron chi connectivity index (χ4n) is 1.63. The van der Waals surface area contributed by atoms with E-state index in [1.165, 1.54) is 7.11 Å². The number of thiocarbonyl (C=S) groups is 1. The van der Waals surface area contributed by atoms with Crippen LogP contribution in [-0.4, -0.2) is 28.9 Å². The summed E-state index contributed by atoms with van der Waals surface area (Å²) < 4.78 is 10.2. The zero-order chi connectivity index (χ0) is 16.2. The highest BCUT2D eigenvalue weighted by Crippen LogP contribution is 2.36. The molecule has 0 bridgehead atoms. The van der Waals surface area contributed by atoms with Crippen LogP contribution in [0.4, 0.5) is 10.5 Å². The van der Waals surface area contributed by atoms with Crippen molar-refractivity contribution in [3.8, 4) is 11.5 Å². The number of benzene rings is 1. The molecule has 0 aliphatic rings. The molecule has 0 spiro atoms. The van der Waals surface area contributed by atoms with Crippen LogP contribution in [0.1, 0.15) is 26.3 Å². The summed E-state index contributed by atoms with van der Waals surface area (Å²) in [6, 6.07) is 3.18. The van der Waals surface area contributed by atoms with E-state index in [2.05, 4.69) is 5.32 Å². The van der Waals surface area contributed by atoms with Gasteiger partial charge in [-0.15, -0.1) is 0 Å². The molecular formula is C14H20N2O4S. The van der Waals surface area contributed by atoms with Crippen LogP contribution in [0.3, 0.4) is 0 Å². The third-order valence-electron chi connectivity index (χ3n) is 2.37. The zero-order valence-electron chi connectivity index (χ0n) is 12.5. The van der Waals surface area contributed by atoms with Gasteiger partial charge in [-0.2, -0.15) is 0 Å². The Kier molecular flexibility index (Phi) is 5.37. The predicted octanol–water partition coefficient (Wildman–Crippen LogP) is 2.58. The van der Waals surface area contributed by atoms with Crippen LogP contribution >= 0.6 is 12.2 Å². The molecule has 6 nitrogen and oxygen atoms in total. The van der Waals surface area contributed by atoms with Crippen molar-refractivity contribution in [1.82, 2.24) is 0 Å². The molecule has 0 heterocycles. The summed E-state index contributed by atoms with van der Waals surface area (Å²) in [5.41, 5.74) is 5.75. The van der Waals surface area contributed by atoms with Crippen molar-refractivity contribution in [1.29, 1.82) is 0 Å². The second-order valence-corrected chi connectivity index (χ2v) is 5.99. The summed E-state index contributed by atoms with van der Waals surface area (Å²) in [4.78, 5) is 12.1. The number of aromatic hydroxyl groups is 1. The molecule has 1 amide bonds. The number of rotatable bonds is 4. The lowest BCUT2D eigenvalue weighted by Gasteiger charge is -2.20. The van der Waals surface area contributed by atoms with Crippen molar-refractivity contribution in [3.63, 3.8) is 0 Å². The van der Waals surface area contributed by atoms with E-state index in [1.54, 1.807) is 32.9 Å². The largest absolute Gasteiger partial charge is 0.503 e. The molecule has 0 saturated carbocycles. The molecule has 0 aromatic heterocycles. The number of nitrogens with two attached hydrogens (primary N) is 1. The average molecular weight is 312 g/mol. The highest BCUT2D eigenvalue weighted by Gasteiger charge is 2.19. The molecule has 0 fully saturated rings. The van der Waals surface area contributed by atoms with Crippen LogP contribution in [0.15, 0.2) is 12.1 Å². The zero-order valence-corrected chi connectivity index (χ0v) is 13.3. The van der Waals surface area contributed by atoms with E-state index < -0.39 is 11.7 Å². The predicted molar refractivity (Wildman–Crippen MR) is 85.0 cm³/mol. The Morgan fingerprint density at radius 2 is 2.05 bits per heavy atom. The number of hydrogen-bond acceptors (Lipinski definition) is 5. The summed E-state index contributed by atoms with van der Waals surface area (Å²) in [5.74, 6) is 0.0323. The summed E-state index contributed by atoms with van der Waals surface area (Å²) in [7, 11) is 1.41. The van der Waals surface area contributed by atoms with Crippen molar-refractivity contribution in [2.24, 2.45) is 5.73 Å². The third kappa shape index (κ3) is 5.47. The third-order valence-corrected chi connectivity index (χ3v) is 2.51. The molecule has 1 aromatic carbocycles. The summed E-state index contributed by atoms with van der Waals surface area (Å²) in [6.45, 7) is 5.24. The lowest BCUT2D eigenvalue weighted by molar-refractivity contribution is 0.0635. The second-order valence-electron chi connectivity index (χ2n) is 5.46. The highest BCUT2D eigenvalue weighted by atomic mass is 32.1. The Labute approximate surface area is 129 Å². The summed E-state index contributed by atoms with van der Waals surface area (Å²) >= 11 is 4.86. The topological polar surface area (TPSA) is 93.8 Å². The molecule has 116 valence electrons. The molecular weight excluding hydrogens is 292 g/mol. The molecule has 1 rings (SSSR count). The van der Waals surface area contributed by atoms with Gasteiger partial charge in [-0.25, -0.2) is 4.79 Å². The van der Waals surface area contributed by atoms with Gasteiger partial charge < -0.3 is 20.3 Å². The Morgan fingerprint density at radius 3 is 2.52 bits per heavy atom. The van der Waals surface area contributed by atoms with Crippen molar-refractivity contribution in [3.05, 3.63) is 17.7 Å². The van der Waals surface area contributed by atoms with Gasteiger partial charge in [0.05, 0.1) is 17.8 Å². The number of amides is 1. The molecule has 7 heteroatoms. The first kappa shape index (κ1) is 17.0. The van der Waals surface area contributed by atoms with Gasteiger partial charge in [-0.1, -0.05) is 12.2 Å². The van der Waals surface area contributed by atoms with Crippen LogP contribution in [0.2, 0.25) is 0 Å². The Balaban J connectivity index is 3.04. The summed E-state index contributed by atoms with van der Waals surface area (Å²) in [5, 5.41) is 12.5. The number of methoxy groups -OCH3 is 1. The van der Waals surface area contributed by atoms with Crippen molar-refractivity contribution in [2.45, 2.75) is 32.8 Å². The van der Waals surface area contributed by atoms with Crippen molar-refractivity contribution in [2.75, 3.05) is 12.4 Å². The maximum absolute atomic E-state index is 11.8. The van der Waals surface area contributed by atoms with E-state index in [-0.39, 0.29) is 17.2 Å². The summed E-state index contributed by atoms with van der Waals surface area (Å²) in [6.07, 6.45) is -0.345. The lowest BCUT2D eigenvalue weighted by Crippen LogP contribution is -2.27. The van der Waals surface area contributed by atoms with Gasteiger partial charge >= 0.3 is 6.09 Å². The number of carbonyl (C=O) groups excluding carboxylic acids is 1. The van der Waals surface area contributed by atoms with Crippen LogP contribution in [-0.2, 0) is 11.2 Å². The first-order valence-corrected chi connectivity index (χ1v) is 6.71. The quantitative estimate of drug-likeness (QED) is 0.584. The number of carbonyl (C=O) groups is 1. The molecule has 21 heavy (non-hydrogen) atoms. The molecule has 0 aliphatic carbocycles. The fraction of sp³-hybridized carbons (Fsp3) is 0.429. The van der Waals surface area contributed by atoms with E-state index in [9.17, 15) is 9.90 Å². The minimum atomic E-state index is -0.674. The number of hydrogen-bond donors (Lipinski definition) is 3. The molecule has 1 aromatic rings. The Bertz CT molecular complexity index is 553. The Hall–Kier alpha value is -2.02.